The minimum absolute atomic E-state index is 0.0562. The highest BCUT2D eigenvalue weighted by atomic mass is 16.7. The summed E-state index contributed by atoms with van der Waals surface area (Å²) >= 11 is 0. The number of carbonyl (C=O) groups excluding carboxylic acids is 1. The lowest BCUT2D eigenvalue weighted by Gasteiger charge is -2.12. The molecule has 2 atom stereocenters. The smallest absolute Gasteiger partial charge is 0.231 e. The Kier molecular flexibility index (Phi) is 3.54. The van der Waals surface area contributed by atoms with Crippen molar-refractivity contribution in [3.63, 3.8) is 0 Å². The van der Waals surface area contributed by atoms with Gasteiger partial charge >= 0.3 is 0 Å². The molecule has 0 saturated carbocycles. The molecule has 2 aliphatic rings. The topological polar surface area (TPSA) is 66.5 Å². The van der Waals surface area contributed by atoms with Gasteiger partial charge in [0.15, 0.2) is 23.4 Å². The van der Waals surface area contributed by atoms with Crippen molar-refractivity contribution in [2.75, 3.05) is 21.0 Å². The molecule has 2 heterocycles. The maximum Gasteiger partial charge on any atom is 0.231 e. The van der Waals surface area contributed by atoms with Crippen molar-refractivity contribution < 1.29 is 28.5 Å². The molecule has 0 N–H and O–H groups in total. The van der Waals surface area contributed by atoms with Crippen molar-refractivity contribution in [1.82, 2.24) is 0 Å². The predicted octanol–water partition coefficient (Wildman–Crippen LogP) is 2.76. The van der Waals surface area contributed by atoms with E-state index in [1.165, 1.54) is 0 Å². The Hall–Kier alpha value is -2.73. The summed E-state index contributed by atoms with van der Waals surface area (Å²) in [5.41, 5.74) is 1.34. The van der Waals surface area contributed by atoms with Gasteiger partial charge in [0.05, 0.1) is 14.2 Å². The summed E-state index contributed by atoms with van der Waals surface area (Å²) in [5, 5.41) is 0. The maximum absolute atomic E-state index is 12.5. The molecule has 6 heteroatoms. The first-order chi connectivity index (χ1) is 11.7. The van der Waals surface area contributed by atoms with E-state index in [0.29, 0.717) is 34.1 Å². The van der Waals surface area contributed by atoms with E-state index in [2.05, 4.69) is 0 Å². The number of rotatable bonds is 5. The predicted molar refractivity (Wildman–Crippen MR) is 84.1 cm³/mol. The average Bonchev–Trinajstić information content (AvgIpc) is 3.28. The third-order valence-corrected chi connectivity index (χ3v) is 4.13. The molecular formula is C18H16O6. The molecule has 0 unspecified atom stereocenters. The SMILES string of the molecule is COc1cc([C@@H]2O[C@@H]2C(=O)c2ccccc2)c(OC)c2c1OCO2. The number of hydrogen-bond acceptors (Lipinski definition) is 6. The number of methoxy groups -OCH3 is 2. The Bertz CT molecular complexity index is 786. The van der Waals surface area contributed by atoms with Gasteiger partial charge < -0.3 is 23.7 Å². The molecule has 0 radical (unpaired) electrons. The Morgan fingerprint density at radius 1 is 1.08 bits per heavy atom. The molecule has 2 aliphatic heterocycles. The van der Waals surface area contributed by atoms with Crippen LogP contribution in [-0.4, -0.2) is 32.9 Å². The largest absolute Gasteiger partial charge is 0.493 e. The maximum atomic E-state index is 12.5. The van der Waals surface area contributed by atoms with Crippen LogP contribution in [0, 0.1) is 0 Å². The van der Waals surface area contributed by atoms with Crippen LogP contribution in [0.4, 0.5) is 0 Å². The summed E-state index contributed by atoms with van der Waals surface area (Å²) in [4.78, 5) is 12.5. The molecule has 0 aliphatic carbocycles. The van der Waals surface area contributed by atoms with Gasteiger partial charge in [0.2, 0.25) is 18.3 Å². The quantitative estimate of drug-likeness (QED) is 0.621. The molecule has 1 saturated heterocycles. The van der Waals surface area contributed by atoms with Crippen molar-refractivity contribution in [2.24, 2.45) is 0 Å². The molecule has 0 amide bonds. The zero-order chi connectivity index (χ0) is 16.7. The van der Waals surface area contributed by atoms with Gasteiger partial charge in [-0.15, -0.1) is 0 Å². The second-order valence-electron chi connectivity index (χ2n) is 5.47. The van der Waals surface area contributed by atoms with Crippen molar-refractivity contribution in [3.8, 4) is 23.0 Å². The molecule has 6 nitrogen and oxygen atoms in total. The van der Waals surface area contributed by atoms with E-state index in [0.717, 1.165) is 0 Å². The van der Waals surface area contributed by atoms with Crippen LogP contribution >= 0.6 is 0 Å². The van der Waals surface area contributed by atoms with Crippen LogP contribution < -0.4 is 18.9 Å². The number of fused-ring (bicyclic) bond motifs is 1. The van der Waals surface area contributed by atoms with Crippen LogP contribution in [0.2, 0.25) is 0 Å². The zero-order valence-electron chi connectivity index (χ0n) is 13.3. The fourth-order valence-corrected chi connectivity index (χ4v) is 2.92. The molecule has 0 spiro atoms. The number of ether oxygens (including phenoxy) is 5. The number of ketones is 1. The lowest BCUT2D eigenvalue weighted by atomic mass is 10.0. The number of epoxide rings is 1. The first-order valence-corrected chi connectivity index (χ1v) is 7.53. The lowest BCUT2D eigenvalue weighted by Crippen LogP contribution is -2.08. The van der Waals surface area contributed by atoms with E-state index >= 15 is 0 Å². The van der Waals surface area contributed by atoms with Gasteiger partial charge in [-0.3, -0.25) is 4.79 Å². The van der Waals surface area contributed by atoms with E-state index < -0.39 is 12.2 Å². The van der Waals surface area contributed by atoms with Crippen LogP contribution in [0.5, 0.6) is 23.0 Å². The lowest BCUT2D eigenvalue weighted by molar-refractivity contribution is 0.0953. The van der Waals surface area contributed by atoms with Crippen LogP contribution in [0.15, 0.2) is 36.4 Å². The van der Waals surface area contributed by atoms with Gasteiger partial charge in [-0.25, -0.2) is 0 Å². The molecular weight excluding hydrogens is 312 g/mol. The van der Waals surface area contributed by atoms with E-state index in [9.17, 15) is 4.79 Å². The van der Waals surface area contributed by atoms with Gasteiger partial charge in [-0.1, -0.05) is 30.3 Å². The van der Waals surface area contributed by atoms with Crippen LogP contribution in [0.25, 0.3) is 0 Å². The Balaban J connectivity index is 1.67. The second-order valence-corrected chi connectivity index (χ2v) is 5.47. The van der Waals surface area contributed by atoms with E-state index in [1.54, 1.807) is 32.4 Å². The average molecular weight is 328 g/mol. The summed E-state index contributed by atoms with van der Waals surface area (Å²) in [6.45, 7) is 0.101. The monoisotopic (exact) mass is 328 g/mol. The molecule has 2 aromatic rings. The normalized spacial score (nSPS) is 20.6. The summed E-state index contributed by atoms with van der Waals surface area (Å²) < 4.78 is 27.4. The third kappa shape index (κ3) is 2.27. The van der Waals surface area contributed by atoms with Crippen LogP contribution in [0.3, 0.4) is 0 Å². The molecule has 0 aromatic heterocycles. The first-order valence-electron chi connectivity index (χ1n) is 7.53. The van der Waals surface area contributed by atoms with Crippen molar-refractivity contribution in [2.45, 2.75) is 12.2 Å². The van der Waals surface area contributed by atoms with E-state index in [1.807, 2.05) is 18.2 Å². The van der Waals surface area contributed by atoms with Gasteiger partial charge in [-0.2, -0.15) is 0 Å². The third-order valence-electron chi connectivity index (χ3n) is 4.13. The fourth-order valence-electron chi connectivity index (χ4n) is 2.92. The minimum atomic E-state index is -0.536. The first kappa shape index (κ1) is 14.8. The highest BCUT2D eigenvalue weighted by Crippen LogP contribution is 2.55. The van der Waals surface area contributed by atoms with Gasteiger partial charge in [-0.05, 0) is 6.07 Å². The van der Waals surface area contributed by atoms with Gasteiger partial charge in [0.25, 0.3) is 0 Å². The van der Waals surface area contributed by atoms with Crippen LogP contribution in [0.1, 0.15) is 22.0 Å². The molecule has 124 valence electrons. The van der Waals surface area contributed by atoms with Crippen LogP contribution in [-0.2, 0) is 4.74 Å². The van der Waals surface area contributed by atoms with Crippen molar-refractivity contribution in [3.05, 3.63) is 47.5 Å². The Labute approximate surface area is 138 Å². The molecule has 4 rings (SSSR count). The summed E-state index contributed by atoms with van der Waals surface area (Å²) in [6.07, 6.45) is -0.928. The van der Waals surface area contributed by atoms with Crippen molar-refractivity contribution >= 4 is 5.78 Å². The molecule has 24 heavy (non-hydrogen) atoms. The standard InChI is InChI=1S/C18H16O6/c1-20-12-8-11(14(21-2)18-16(12)22-9-23-18)15-17(24-15)13(19)10-6-4-3-5-7-10/h3-8,15,17H,9H2,1-2H3/t15-,17+/m0/s1. The highest BCUT2D eigenvalue weighted by molar-refractivity contribution is 6.01. The summed E-state index contributed by atoms with van der Waals surface area (Å²) in [6, 6.07) is 10.9. The second kappa shape index (κ2) is 5.72. The number of carbonyl (C=O) groups is 1. The Morgan fingerprint density at radius 3 is 2.54 bits per heavy atom. The highest BCUT2D eigenvalue weighted by Gasteiger charge is 2.49. The summed E-state index contributed by atoms with van der Waals surface area (Å²) in [7, 11) is 3.09. The van der Waals surface area contributed by atoms with E-state index in [4.69, 9.17) is 23.7 Å². The fraction of sp³-hybridized carbons (Fsp3) is 0.278. The molecule has 1 fully saturated rings. The number of hydrogen-bond donors (Lipinski definition) is 0. The van der Waals surface area contributed by atoms with Gasteiger partial charge in [0.1, 0.15) is 6.10 Å². The minimum Gasteiger partial charge on any atom is -0.493 e. The van der Waals surface area contributed by atoms with Gasteiger partial charge in [0, 0.05) is 11.1 Å². The number of Topliss-reactive ketones (excluding diaryl/α,β-unsaturated/α-hetero) is 1. The summed E-state index contributed by atoms with van der Waals surface area (Å²) in [5.74, 6) is 1.97. The molecule has 2 aromatic carbocycles. The Morgan fingerprint density at radius 2 is 1.83 bits per heavy atom. The van der Waals surface area contributed by atoms with E-state index in [-0.39, 0.29) is 12.6 Å². The molecule has 0 bridgehead atoms. The van der Waals surface area contributed by atoms with Crippen molar-refractivity contribution in [1.29, 1.82) is 0 Å². The number of benzene rings is 2. The zero-order valence-corrected chi connectivity index (χ0v) is 13.3.